The molecule has 0 aliphatic heterocycles. The van der Waals surface area contributed by atoms with Gasteiger partial charge in [0, 0.05) is 0 Å². The summed E-state index contributed by atoms with van der Waals surface area (Å²) in [5, 5.41) is 7.71. The summed E-state index contributed by atoms with van der Waals surface area (Å²) in [6.07, 6.45) is 0. The highest BCUT2D eigenvalue weighted by molar-refractivity contribution is 6.30. The first kappa shape index (κ1) is 9.56. The molecule has 1 amide bonds. The highest BCUT2D eigenvalue weighted by Gasteiger charge is 2.13. The van der Waals surface area contributed by atoms with Crippen LogP contribution in [0.2, 0.25) is 0 Å². The average Bonchev–Trinajstić information content (AvgIpc) is 2.16. The van der Waals surface area contributed by atoms with Crippen LogP contribution in [0.5, 0.6) is 0 Å². The Bertz CT molecular complexity index is 370. The van der Waals surface area contributed by atoms with Crippen LogP contribution in [-0.2, 0) is 4.79 Å². The molecule has 0 saturated carbocycles. The number of hydrogen-bond acceptors (Lipinski definition) is 2. The molecule has 0 aromatic heterocycles. The van der Waals surface area contributed by atoms with Crippen molar-refractivity contribution in [1.29, 1.82) is 5.26 Å². The molecule has 66 valence electrons. The molecule has 0 unspecified atom stereocenters. The molecule has 0 aliphatic rings. The molecule has 0 bridgehead atoms. The third kappa shape index (κ3) is 2.20. The zero-order valence-electron chi connectivity index (χ0n) is 6.70. The SMILES string of the molecule is N#Cc1cccc([C@H](Cl)C(N)=O)c1. The van der Waals surface area contributed by atoms with E-state index in [1.54, 1.807) is 24.3 Å². The number of hydrogen-bond donors (Lipinski definition) is 1. The van der Waals surface area contributed by atoms with Crippen LogP contribution in [0.25, 0.3) is 0 Å². The number of nitrogens with zero attached hydrogens (tertiary/aromatic N) is 1. The first-order valence-corrected chi connectivity index (χ1v) is 4.02. The van der Waals surface area contributed by atoms with E-state index in [1.165, 1.54) is 0 Å². The molecule has 0 fully saturated rings. The van der Waals surface area contributed by atoms with Gasteiger partial charge in [0.15, 0.2) is 0 Å². The molecule has 1 atom stereocenters. The van der Waals surface area contributed by atoms with Crippen LogP contribution in [0.15, 0.2) is 24.3 Å². The molecule has 2 N–H and O–H groups in total. The molecule has 3 nitrogen and oxygen atoms in total. The summed E-state index contributed by atoms with van der Waals surface area (Å²) in [4.78, 5) is 10.7. The summed E-state index contributed by atoms with van der Waals surface area (Å²) in [7, 11) is 0. The van der Waals surface area contributed by atoms with Crippen LogP contribution in [0.3, 0.4) is 0 Å². The zero-order chi connectivity index (χ0) is 9.84. The van der Waals surface area contributed by atoms with Crippen LogP contribution in [0.4, 0.5) is 0 Å². The van der Waals surface area contributed by atoms with E-state index in [9.17, 15) is 4.79 Å². The molecule has 1 aromatic carbocycles. The minimum Gasteiger partial charge on any atom is -0.368 e. The Hall–Kier alpha value is -1.53. The summed E-state index contributed by atoms with van der Waals surface area (Å²) >= 11 is 5.69. The van der Waals surface area contributed by atoms with Gasteiger partial charge in [-0.3, -0.25) is 4.79 Å². The normalized spacial score (nSPS) is 11.7. The van der Waals surface area contributed by atoms with Gasteiger partial charge in [-0.25, -0.2) is 0 Å². The Morgan fingerprint density at radius 2 is 2.31 bits per heavy atom. The number of alkyl halides is 1. The zero-order valence-corrected chi connectivity index (χ0v) is 7.45. The standard InChI is InChI=1S/C9H7ClN2O/c10-8(9(12)13)7-3-1-2-6(4-7)5-11/h1-4,8H,(H2,12,13)/t8-/m0/s1. The van der Waals surface area contributed by atoms with Gasteiger partial charge in [0.05, 0.1) is 11.6 Å². The van der Waals surface area contributed by atoms with Crippen molar-refractivity contribution in [2.24, 2.45) is 5.73 Å². The largest absolute Gasteiger partial charge is 0.368 e. The lowest BCUT2D eigenvalue weighted by Gasteiger charge is -2.04. The number of nitriles is 1. The fourth-order valence-electron chi connectivity index (χ4n) is 0.930. The van der Waals surface area contributed by atoms with Gasteiger partial charge in [0.2, 0.25) is 5.91 Å². The second kappa shape index (κ2) is 3.92. The fraction of sp³-hybridized carbons (Fsp3) is 0.111. The predicted molar refractivity (Wildman–Crippen MR) is 48.9 cm³/mol. The lowest BCUT2D eigenvalue weighted by Crippen LogP contribution is -2.16. The number of carbonyl (C=O) groups excluding carboxylic acids is 1. The van der Waals surface area contributed by atoms with Gasteiger partial charge in [-0.2, -0.15) is 5.26 Å². The van der Waals surface area contributed by atoms with Crippen LogP contribution < -0.4 is 5.73 Å². The third-order valence-corrected chi connectivity index (χ3v) is 2.03. The molecule has 13 heavy (non-hydrogen) atoms. The van der Waals surface area contributed by atoms with Crippen molar-refractivity contribution in [3.63, 3.8) is 0 Å². The summed E-state index contributed by atoms with van der Waals surface area (Å²) in [5.41, 5.74) is 6.02. The minimum absolute atomic E-state index is 0.462. The van der Waals surface area contributed by atoms with Gasteiger partial charge in [-0.1, -0.05) is 12.1 Å². The number of nitrogens with two attached hydrogens (primary N) is 1. The van der Waals surface area contributed by atoms with Gasteiger partial charge in [0.25, 0.3) is 0 Å². The molecular weight excluding hydrogens is 188 g/mol. The Morgan fingerprint density at radius 1 is 1.62 bits per heavy atom. The number of rotatable bonds is 2. The van der Waals surface area contributed by atoms with Crippen molar-refractivity contribution in [3.05, 3.63) is 35.4 Å². The van der Waals surface area contributed by atoms with Gasteiger partial charge >= 0.3 is 0 Å². The first-order valence-electron chi connectivity index (χ1n) is 3.58. The second-order valence-corrected chi connectivity index (χ2v) is 2.94. The average molecular weight is 195 g/mol. The number of benzene rings is 1. The van der Waals surface area contributed by atoms with Crippen molar-refractivity contribution in [2.45, 2.75) is 5.38 Å². The van der Waals surface area contributed by atoms with E-state index in [0.717, 1.165) is 0 Å². The molecule has 0 saturated heterocycles. The van der Waals surface area contributed by atoms with Crippen LogP contribution in [-0.4, -0.2) is 5.91 Å². The molecule has 1 aromatic rings. The molecule has 0 radical (unpaired) electrons. The Kier molecular flexibility index (Phi) is 2.88. The van der Waals surface area contributed by atoms with Crippen molar-refractivity contribution in [1.82, 2.24) is 0 Å². The van der Waals surface area contributed by atoms with E-state index in [4.69, 9.17) is 22.6 Å². The fourth-order valence-corrected chi connectivity index (χ4v) is 1.07. The van der Waals surface area contributed by atoms with Crippen LogP contribution in [0.1, 0.15) is 16.5 Å². The second-order valence-electron chi connectivity index (χ2n) is 2.50. The molecular formula is C9H7ClN2O. The highest BCUT2D eigenvalue weighted by atomic mass is 35.5. The maximum absolute atomic E-state index is 10.7. The molecule has 1 rings (SSSR count). The van der Waals surface area contributed by atoms with Crippen molar-refractivity contribution in [3.8, 4) is 6.07 Å². The summed E-state index contributed by atoms with van der Waals surface area (Å²) in [6, 6.07) is 8.44. The van der Waals surface area contributed by atoms with Gasteiger partial charge in [-0.05, 0) is 17.7 Å². The van der Waals surface area contributed by atoms with Gasteiger partial charge in [-0.15, -0.1) is 11.6 Å². The van der Waals surface area contributed by atoms with Gasteiger partial charge < -0.3 is 5.73 Å². The van der Waals surface area contributed by atoms with E-state index < -0.39 is 11.3 Å². The van der Waals surface area contributed by atoms with E-state index >= 15 is 0 Å². The number of primary amides is 1. The topological polar surface area (TPSA) is 66.9 Å². The minimum atomic E-state index is -0.867. The summed E-state index contributed by atoms with van der Waals surface area (Å²) in [5.74, 6) is -0.614. The van der Waals surface area contributed by atoms with E-state index in [0.29, 0.717) is 11.1 Å². The Labute approximate surface area is 80.7 Å². The van der Waals surface area contributed by atoms with Crippen molar-refractivity contribution < 1.29 is 4.79 Å². The smallest absolute Gasteiger partial charge is 0.240 e. The number of halogens is 1. The molecule has 4 heteroatoms. The van der Waals surface area contributed by atoms with Crippen molar-refractivity contribution >= 4 is 17.5 Å². The third-order valence-electron chi connectivity index (χ3n) is 1.56. The quantitative estimate of drug-likeness (QED) is 0.722. The lowest BCUT2D eigenvalue weighted by atomic mass is 10.1. The van der Waals surface area contributed by atoms with Crippen molar-refractivity contribution in [2.75, 3.05) is 0 Å². The highest BCUT2D eigenvalue weighted by Crippen LogP contribution is 2.20. The Balaban J connectivity index is 3.03. The van der Waals surface area contributed by atoms with E-state index in [2.05, 4.69) is 0 Å². The first-order chi connectivity index (χ1) is 6.15. The monoisotopic (exact) mass is 194 g/mol. The molecule has 0 aliphatic carbocycles. The number of amides is 1. The maximum atomic E-state index is 10.7. The van der Waals surface area contributed by atoms with Gasteiger partial charge in [0.1, 0.15) is 5.38 Å². The van der Waals surface area contributed by atoms with E-state index in [1.807, 2.05) is 6.07 Å². The maximum Gasteiger partial charge on any atom is 0.240 e. The van der Waals surface area contributed by atoms with E-state index in [-0.39, 0.29) is 0 Å². The van der Waals surface area contributed by atoms with Crippen LogP contribution in [0, 0.1) is 11.3 Å². The number of carbonyl (C=O) groups is 1. The molecule has 0 heterocycles. The predicted octanol–water partition coefficient (Wildman–Crippen LogP) is 1.32. The lowest BCUT2D eigenvalue weighted by molar-refractivity contribution is -0.117. The summed E-state index contributed by atoms with van der Waals surface area (Å²) < 4.78 is 0. The Morgan fingerprint density at radius 3 is 2.85 bits per heavy atom. The van der Waals surface area contributed by atoms with Crippen LogP contribution >= 0.6 is 11.6 Å². The molecule has 0 spiro atoms. The summed E-state index contributed by atoms with van der Waals surface area (Å²) in [6.45, 7) is 0.